The van der Waals surface area contributed by atoms with Gasteiger partial charge in [0, 0.05) is 0 Å². The number of carbonyl (C=O) groups excluding carboxylic acids is 1. The average Bonchev–Trinajstić information content (AvgIpc) is 2.54. The van der Waals surface area contributed by atoms with Gasteiger partial charge in [0.05, 0.1) is 12.2 Å². The van der Waals surface area contributed by atoms with Crippen LogP contribution in [0.15, 0.2) is 0 Å². The molecule has 0 radical (unpaired) electrons. The van der Waals surface area contributed by atoms with Crippen LogP contribution in [0.3, 0.4) is 0 Å². The molecule has 0 saturated carbocycles. The number of aryl methyl sites for hydroxylation is 1. The van der Waals surface area contributed by atoms with Crippen LogP contribution in [-0.4, -0.2) is 28.6 Å². The van der Waals surface area contributed by atoms with E-state index in [0.29, 0.717) is 10.6 Å². The maximum Gasteiger partial charge on any atom is 0.410 e. The summed E-state index contributed by atoms with van der Waals surface area (Å²) in [5.74, 6) is 1.91. The lowest BCUT2D eigenvalue weighted by molar-refractivity contribution is 0.0962. The van der Waals surface area contributed by atoms with Crippen molar-refractivity contribution in [3.8, 4) is 12.3 Å². The Kier molecular flexibility index (Phi) is 3.85. The van der Waals surface area contributed by atoms with E-state index in [1.54, 1.807) is 6.92 Å². The van der Waals surface area contributed by atoms with Crippen LogP contribution in [0.4, 0.5) is 9.93 Å². The molecular weight excluding hydrogens is 230 g/mol. The van der Waals surface area contributed by atoms with Crippen molar-refractivity contribution < 1.29 is 14.7 Å². The highest BCUT2D eigenvalue weighted by Gasteiger charge is 2.15. The average molecular weight is 239 g/mol. The molecule has 16 heavy (non-hydrogen) atoms. The van der Waals surface area contributed by atoms with Gasteiger partial charge in [0.15, 0.2) is 5.13 Å². The number of nitrogens with one attached hydrogen (secondary N) is 2. The topological polar surface area (TPSA) is 91.3 Å². The van der Waals surface area contributed by atoms with Gasteiger partial charge < -0.3 is 10.4 Å². The Labute approximate surface area is 95.7 Å². The monoisotopic (exact) mass is 239 g/mol. The van der Waals surface area contributed by atoms with Gasteiger partial charge >= 0.3 is 6.09 Å². The van der Waals surface area contributed by atoms with Gasteiger partial charge in [0.1, 0.15) is 4.88 Å². The summed E-state index contributed by atoms with van der Waals surface area (Å²) in [5.41, 5.74) is 0.461. The Morgan fingerprint density at radius 3 is 2.88 bits per heavy atom. The van der Waals surface area contributed by atoms with E-state index in [-0.39, 0.29) is 17.6 Å². The number of carbonyl (C=O) groups is 2. The van der Waals surface area contributed by atoms with Gasteiger partial charge in [0.2, 0.25) is 0 Å². The summed E-state index contributed by atoms with van der Waals surface area (Å²) in [6, 6.07) is 0. The van der Waals surface area contributed by atoms with Gasteiger partial charge in [-0.25, -0.2) is 9.78 Å². The third-order valence-corrected chi connectivity index (χ3v) is 2.64. The van der Waals surface area contributed by atoms with E-state index < -0.39 is 6.09 Å². The first-order chi connectivity index (χ1) is 7.54. The van der Waals surface area contributed by atoms with Crippen LogP contribution in [0, 0.1) is 19.3 Å². The number of hydrogen-bond donors (Lipinski definition) is 3. The highest BCUT2D eigenvalue weighted by atomic mass is 32.1. The first-order valence-electron chi connectivity index (χ1n) is 4.23. The number of terminal acetylenes is 1. The fourth-order valence-electron chi connectivity index (χ4n) is 0.964. The van der Waals surface area contributed by atoms with Crippen molar-refractivity contribution in [1.29, 1.82) is 0 Å². The fourth-order valence-corrected chi connectivity index (χ4v) is 1.84. The minimum atomic E-state index is -1.22. The number of rotatable bonds is 3. The number of amides is 2. The molecular formula is C9H9N3O3S. The largest absolute Gasteiger partial charge is 0.465 e. The van der Waals surface area contributed by atoms with Gasteiger partial charge in [-0.2, -0.15) is 0 Å². The van der Waals surface area contributed by atoms with E-state index >= 15 is 0 Å². The van der Waals surface area contributed by atoms with Crippen molar-refractivity contribution >= 4 is 28.5 Å². The quantitative estimate of drug-likeness (QED) is 0.683. The van der Waals surface area contributed by atoms with Gasteiger partial charge in [-0.05, 0) is 6.92 Å². The molecule has 0 atom stereocenters. The maximum absolute atomic E-state index is 11.5. The Bertz CT molecular complexity index is 461. The van der Waals surface area contributed by atoms with Crippen LogP contribution in [0.1, 0.15) is 15.4 Å². The lowest BCUT2D eigenvalue weighted by Crippen LogP contribution is -2.23. The first-order valence-corrected chi connectivity index (χ1v) is 5.05. The third kappa shape index (κ3) is 2.96. The number of carboxylic acid groups (broad SMARTS) is 1. The SMILES string of the molecule is C#CCNC(=O)c1sc(NC(=O)O)nc1C. The molecule has 0 bridgehead atoms. The summed E-state index contributed by atoms with van der Waals surface area (Å²) in [6.07, 6.45) is 3.78. The van der Waals surface area contributed by atoms with E-state index in [1.807, 2.05) is 0 Å². The smallest absolute Gasteiger partial charge is 0.410 e. The molecule has 0 unspecified atom stereocenters. The van der Waals surface area contributed by atoms with Gasteiger partial charge in [-0.15, -0.1) is 6.42 Å². The third-order valence-electron chi connectivity index (χ3n) is 1.57. The van der Waals surface area contributed by atoms with E-state index in [0.717, 1.165) is 11.3 Å². The van der Waals surface area contributed by atoms with Crippen molar-refractivity contribution in [2.75, 3.05) is 11.9 Å². The summed E-state index contributed by atoms with van der Waals surface area (Å²) in [6.45, 7) is 1.74. The fraction of sp³-hybridized carbons (Fsp3) is 0.222. The lowest BCUT2D eigenvalue weighted by atomic mass is 10.4. The molecule has 1 aromatic heterocycles. The van der Waals surface area contributed by atoms with Crippen molar-refractivity contribution in [2.45, 2.75) is 6.92 Å². The lowest BCUT2D eigenvalue weighted by Gasteiger charge is -1.97. The van der Waals surface area contributed by atoms with Crippen LogP contribution in [-0.2, 0) is 0 Å². The molecule has 3 N–H and O–H groups in total. The first kappa shape index (κ1) is 12.0. The normalized spacial score (nSPS) is 9.25. The summed E-state index contributed by atoms with van der Waals surface area (Å²) in [4.78, 5) is 26.1. The molecule has 0 saturated heterocycles. The number of anilines is 1. The minimum absolute atomic E-state index is 0.123. The van der Waals surface area contributed by atoms with E-state index in [2.05, 4.69) is 21.5 Å². The molecule has 1 aromatic rings. The predicted octanol–water partition coefficient (Wildman–Crippen LogP) is 0.904. The summed E-state index contributed by atoms with van der Waals surface area (Å²) in [5, 5.41) is 13.2. The van der Waals surface area contributed by atoms with Crippen molar-refractivity contribution in [3.05, 3.63) is 10.6 Å². The maximum atomic E-state index is 11.5. The standard InChI is InChI=1S/C9H9N3O3S/c1-3-4-10-7(13)6-5(2)11-8(16-6)12-9(14)15/h1H,4H2,2H3,(H,10,13)(H,11,12)(H,14,15). The van der Waals surface area contributed by atoms with Gasteiger partial charge in [-0.3, -0.25) is 10.1 Å². The molecule has 0 spiro atoms. The zero-order valence-corrected chi connectivity index (χ0v) is 9.22. The molecule has 1 rings (SSSR count). The second kappa shape index (κ2) is 5.14. The molecule has 0 aromatic carbocycles. The van der Waals surface area contributed by atoms with Crippen LogP contribution in [0.25, 0.3) is 0 Å². The van der Waals surface area contributed by atoms with Crippen LogP contribution >= 0.6 is 11.3 Å². The van der Waals surface area contributed by atoms with Gasteiger partial charge in [-0.1, -0.05) is 17.3 Å². The Balaban J connectivity index is 2.81. The molecule has 84 valence electrons. The predicted molar refractivity (Wildman–Crippen MR) is 59.7 cm³/mol. The Morgan fingerprint density at radius 1 is 1.62 bits per heavy atom. The highest BCUT2D eigenvalue weighted by Crippen LogP contribution is 2.22. The summed E-state index contributed by atoms with van der Waals surface area (Å²) < 4.78 is 0. The summed E-state index contributed by atoms with van der Waals surface area (Å²) >= 11 is 0.963. The second-order valence-electron chi connectivity index (χ2n) is 2.75. The molecule has 6 nitrogen and oxygen atoms in total. The van der Waals surface area contributed by atoms with Crippen LogP contribution < -0.4 is 10.6 Å². The van der Waals surface area contributed by atoms with Crippen LogP contribution in [0.5, 0.6) is 0 Å². The van der Waals surface area contributed by atoms with E-state index in [4.69, 9.17) is 11.5 Å². The number of aromatic nitrogens is 1. The van der Waals surface area contributed by atoms with Crippen molar-refractivity contribution in [2.24, 2.45) is 0 Å². The molecule has 0 aliphatic rings. The number of nitrogens with zero attached hydrogens (tertiary/aromatic N) is 1. The Morgan fingerprint density at radius 2 is 2.31 bits per heavy atom. The van der Waals surface area contributed by atoms with Crippen LogP contribution in [0.2, 0.25) is 0 Å². The van der Waals surface area contributed by atoms with E-state index in [1.165, 1.54) is 0 Å². The highest BCUT2D eigenvalue weighted by molar-refractivity contribution is 7.17. The number of thiazole rings is 1. The van der Waals surface area contributed by atoms with Gasteiger partial charge in [0.25, 0.3) is 5.91 Å². The molecule has 0 aliphatic carbocycles. The Hall–Kier alpha value is -2.07. The van der Waals surface area contributed by atoms with E-state index in [9.17, 15) is 9.59 Å². The molecule has 0 fully saturated rings. The molecule has 1 heterocycles. The number of hydrogen-bond acceptors (Lipinski definition) is 4. The zero-order chi connectivity index (χ0) is 12.1. The molecule has 2 amide bonds. The summed E-state index contributed by atoms with van der Waals surface area (Å²) in [7, 11) is 0. The molecule has 7 heteroatoms. The molecule has 0 aliphatic heterocycles. The van der Waals surface area contributed by atoms with Crippen molar-refractivity contribution in [1.82, 2.24) is 10.3 Å². The zero-order valence-electron chi connectivity index (χ0n) is 8.40. The van der Waals surface area contributed by atoms with Crippen molar-refractivity contribution in [3.63, 3.8) is 0 Å². The second-order valence-corrected chi connectivity index (χ2v) is 3.75. The minimum Gasteiger partial charge on any atom is -0.465 e.